The molecule has 0 aliphatic heterocycles. The van der Waals surface area contributed by atoms with Crippen molar-refractivity contribution in [2.24, 2.45) is 0 Å². The third-order valence-electron chi connectivity index (χ3n) is 3.27. The third-order valence-corrected chi connectivity index (χ3v) is 4.98. The maximum Gasteiger partial charge on any atom is 0.206 e. The molecule has 0 aliphatic rings. The van der Waals surface area contributed by atoms with Crippen molar-refractivity contribution >= 4 is 9.84 Å². The molecule has 2 aromatic carbocycles. The highest BCUT2D eigenvalue weighted by molar-refractivity contribution is 7.91. The molecule has 0 spiro atoms. The number of hydrogen-bond donors (Lipinski definition) is 2. The summed E-state index contributed by atoms with van der Waals surface area (Å²) < 4.78 is 25.1. The van der Waals surface area contributed by atoms with E-state index in [1.165, 1.54) is 30.3 Å². The van der Waals surface area contributed by atoms with E-state index >= 15 is 0 Å². The van der Waals surface area contributed by atoms with Gasteiger partial charge in [0.25, 0.3) is 0 Å². The molecular formula is C15H16O4S. The topological polar surface area (TPSA) is 74.6 Å². The average Bonchev–Trinajstić information content (AvgIpc) is 2.34. The Morgan fingerprint density at radius 1 is 0.850 bits per heavy atom. The van der Waals surface area contributed by atoms with Gasteiger partial charge in [-0.25, -0.2) is 8.42 Å². The number of benzene rings is 2. The van der Waals surface area contributed by atoms with Gasteiger partial charge in [0.2, 0.25) is 9.84 Å². The zero-order chi connectivity index (χ0) is 15.1. The molecule has 2 aromatic rings. The van der Waals surface area contributed by atoms with Crippen LogP contribution in [0.5, 0.6) is 11.5 Å². The summed E-state index contributed by atoms with van der Waals surface area (Å²) in [6, 6.07) is 6.92. The molecule has 0 saturated heterocycles. The first kappa shape index (κ1) is 14.4. The molecule has 2 N–H and O–H groups in total. The van der Waals surface area contributed by atoms with Crippen molar-refractivity contribution in [3.8, 4) is 11.5 Å². The van der Waals surface area contributed by atoms with E-state index in [1.54, 1.807) is 20.8 Å². The summed E-state index contributed by atoms with van der Waals surface area (Å²) >= 11 is 0. The Hall–Kier alpha value is -2.01. The SMILES string of the molecule is Cc1cc(O)cc(S(=O)(=O)c2cc(C)c(C)c(O)c2)c1. The highest BCUT2D eigenvalue weighted by Crippen LogP contribution is 2.30. The number of aryl methyl sites for hydroxylation is 2. The van der Waals surface area contributed by atoms with Crippen LogP contribution in [0.25, 0.3) is 0 Å². The summed E-state index contributed by atoms with van der Waals surface area (Å²) in [5.74, 6) is -0.155. The predicted octanol–water partition coefficient (Wildman–Crippen LogP) is 2.86. The molecule has 0 bridgehead atoms. The molecule has 0 fully saturated rings. The van der Waals surface area contributed by atoms with Crippen molar-refractivity contribution < 1.29 is 18.6 Å². The molecule has 0 amide bonds. The number of aromatic hydroxyl groups is 2. The van der Waals surface area contributed by atoms with Gasteiger partial charge in [-0.1, -0.05) is 0 Å². The van der Waals surface area contributed by atoms with Crippen molar-refractivity contribution in [3.63, 3.8) is 0 Å². The summed E-state index contributed by atoms with van der Waals surface area (Å²) in [7, 11) is -3.77. The minimum absolute atomic E-state index is 0.0117. The number of phenolic OH excluding ortho intramolecular Hbond substituents is 2. The van der Waals surface area contributed by atoms with Crippen molar-refractivity contribution in [1.82, 2.24) is 0 Å². The van der Waals surface area contributed by atoms with Crippen molar-refractivity contribution in [2.75, 3.05) is 0 Å². The fourth-order valence-corrected chi connectivity index (χ4v) is 3.47. The van der Waals surface area contributed by atoms with E-state index in [4.69, 9.17) is 0 Å². The van der Waals surface area contributed by atoms with Crippen molar-refractivity contribution in [3.05, 3.63) is 47.0 Å². The summed E-state index contributed by atoms with van der Waals surface area (Å²) in [5.41, 5.74) is 1.99. The first-order valence-corrected chi connectivity index (χ1v) is 7.56. The fraction of sp³-hybridized carbons (Fsp3) is 0.200. The monoisotopic (exact) mass is 292 g/mol. The minimum Gasteiger partial charge on any atom is -0.508 e. The van der Waals surface area contributed by atoms with Gasteiger partial charge in [-0.2, -0.15) is 0 Å². The Morgan fingerprint density at radius 3 is 2.00 bits per heavy atom. The fourth-order valence-electron chi connectivity index (χ4n) is 1.98. The van der Waals surface area contributed by atoms with Gasteiger partial charge < -0.3 is 10.2 Å². The van der Waals surface area contributed by atoms with Crippen molar-refractivity contribution in [2.45, 2.75) is 30.6 Å². The Bertz CT molecular complexity index is 733. The number of hydrogen-bond acceptors (Lipinski definition) is 4. The highest BCUT2D eigenvalue weighted by Gasteiger charge is 2.20. The van der Waals surface area contributed by atoms with E-state index in [0.29, 0.717) is 16.7 Å². The minimum atomic E-state index is -3.77. The zero-order valence-electron chi connectivity index (χ0n) is 11.5. The van der Waals surface area contributed by atoms with Gasteiger partial charge in [-0.05, 0) is 67.8 Å². The second-order valence-corrected chi connectivity index (χ2v) is 6.84. The molecule has 0 saturated carbocycles. The summed E-state index contributed by atoms with van der Waals surface area (Å²) in [5, 5.41) is 19.3. The molecular weight excluding hydrogens is 276 g/mol. The van der Waals surface area contributed by atoms with Gasteiger partial charge in [0.05, 0.1) is 9.79 Å². The maximum atomic E-state index is 12.5. The zero-order valence-corrected chi connectivity index (χ0v) is 12.3. The van der Waals surface area contributed by atoms with Gasteiger partial charge >= 0.3 is 0 Å². The third kappa shape index (κ3) is 2.49. The van der Waals surface area contributed by atoms with Crippen LogP contribution >= 0.6 is 0 Å². The second-order valence-electron chi connectivity index (χ2n) is 4.89. The lowest BCUT2D eigenvalue weighted by molar-refractivity contribution is 0.468. The molecule has 0 aliphatic carbocycles. The molecule has 0 unspecified atom stereocenters. The van der Waals surface area contributed by atoms with E-state index in [2.05, 4.69) is 0 Å². The summed E-state index contributed by atoms with van der Waals surface area (Å²) in [6.45, 7) is 5.16. The predicted molar refractivity (Wildman–Crippen MR) is 75.9 cm³/mol. The van der Waals surface area contributed by atoms with E-state index in [-0.39, 0.29) is 21.3 Å². The van der Waals surface area contributed by atoms with Crippen LogP contribution in [0.1, 0.15) is 16.7 Å². The Morgan fingerprint density at radius 2 is 1.45 bits per heavy atom. The lowest BCUT2D eigenvalue weighted by Crippen LogP contribution is -2.03. The van der Waals surface area contributed by atoms with E-state index < -0.39 is 9.84 Å². The largest absolute Gasteiger partial charge is 0.508 e. The molecule has 0 heterocycles. The first-order chi connectivity index (χ1) is 9.21. The lowest BCUT2D eigenvalue weighted by Gasteiger charge is -2.10. The molecule has 20 heavy (non-hydrogen) atoms. The average molecular weight is 292 g/mol. The molecule has 5 heteroatoms. The Kier molecular flexibility index (Phi) is 3.48. The van der Waals surface area contributed by atoms with Crippen LogP contribution in [0.3, 0.4) is 0 Å². The van der Waals surface area contributed by atoms with Crippen LogP contribution in [0.15, 0.2) is 40.1 Å². The summed E-state index contributed by atoms with van der Waals surface area (Å²) in [4.78, 5) is 0.0285. The molecule has 0 atom stereocenters. The van der Waals surface area contributed by atoms with E-state index in [1.807, 2.05) is 0 Å². The highest BCUT2D eigenvalue weighted by atomic mass is 32.2. The van der Waals surface area contributed by atoms with Gasteiger partial charge in [-0.15, -0.1) is 0 Å². The van der Waals surface area contributed by atoms with Gasteiger partial charge in [-0.3, -0.25) is 0 Å². The van der Waals surface area contributed by atoms with E-state index in [9.17, 15) is 18.6 Å². The van der Waals surface area contributed by atoms with Gasteiger partial charge in [0.15, 0.2) is 0 Å². The normalized spacial score (nSPS) is 11.6. The number of rotatable bonds is 2. The molecule has 0 aromatic heterocycles. The van der Waals surface area contributed by atoms with Crippen LogP contribution in [-0.2, 0) is 9.84 Å². The molecule has 4 nitrogen and oxygen atoms in total. The van der Waals surface area contributed by atoms with Crippen LogP contribution in [-0.4, -0.2) is 18.6 Å². The quantitative estimate of drug-likeness (QED) is 0.892. The Labute approximate surface area is 118 Å². The Balaban J connectivity index is 2.66. The van der Waals surface area contributed by atoms with Crippen LogP contribution in [0.4, 0.5) is 0 Å². The van der Waals surface area contributed by atoms with Gasteiger partial charge in [0.1, 0.15) is 11.5 Å². The summed E-state index contributed by atoms with van der Waals surface area (Å²) in [6.07, 6.45) is 0. The molecule has 106 valence electrons. The maximum absolute atomic E-state index is 12.5. The molecule has 2 rings (SSSR count). The lowest BCUT2D eigenvalue weighted by atomic mass is 10.1. The van der Waals surface area contributed by atoms with Gasteiger partial charge in [0, 0.05) is 0 Å². The molecule has 0 radical (unpaired) electrons. The number of phenols is 2. The van der Waals surface area contributed by atoms with Crippen molar-refractivity contribution in [1.29, 1.82) is 0 Å². The van der Waals surface area contributed by atoms with Crippen LogP contribution < -0.4 is 0 Å². The van der Waals surface area contributed by atoms with E-state index in [0.717, 1.165) is 0 Å². The van der Waals surface area contributed by atoms with Crippen LogP contribution in [0.2, 0.25) is 0 Å². The standard InChI is InChI=1S/C15H16O4S/c1-9-4-12(16)7-13(5-9)20(18,19)14-6-10(2)11(3)15(17)8-14/h4-8,16-17H,1-3H3. The first-order valence-electron chi connectivity index (χ1n) is 6.08. The van der Waals surface area contributed by atoms with Crippen LogP contribution in [0, 0.1) is 20.8 Å². The smallest absolute Gasteiger partial charge is 0.206 e. The number of sulfone groups is 1. The second kappa shape index (κ2) is 4.83.